The van der Waals surface area contributed by atoms with E-state index in [0.717, 1.165) is 11.1 Å². The van der Waals surface area contributed by atoms with Gasteiger partial charge in [0, 0.05) is 25.3 Å². The van der Waals surface area contributed by atoms with E-state index in [-0.39, 0.29) is 42.5 Å². The molecule has 6 saturated heterocycles. The maximum atomic E-state index is 5.60. The van der Waals surface area contributed by atoms with E-state index in [0.29, 0.717) is 65.4 Å². The number of hydrogen-bond acceptors (Lipinski definition) is 11. The van der Waals surface area contributed by atoms with Crippen LogP contribution in [0.1, 0.15) is 44.0 Å². The number of ether oxygens (including phenoxy) is 11. The summed E-state index contributed by atoms with van der Waals surface area (Å²) in [6.45, 7) is 9.08. The number of benzene rings is 2. The fourth-order valence-electron chi connectivity index (χ4n) is 4.35. The van der Waals surface area contributed by atoms with Gasteiger partial charge >= 0.3 is 0 Å². The Morgan fingerprint density at radius 2 is 0.844 bits per heavy atom. The summed E-state index contributed by atoms with van der Waals surface area (Å²) in [4.78, 5) is 0. The monoisotopic (exact) mass is 638 g/mol. The molecule has 6 unspecified atom stereocenters. The van der Waals surface area contributed by atoms with E-state index >= 15 is 0 Å². The van der Waals surface area contributed by atoms with Gasteiger partial charge in [0.15, 0.2) is 12.6 Å². The third-order valence-corrected chi connectivity index (χ3v) is 6.82. The summed E-state index contributed by atoms with van der Waals surface area (Å²) in [5.41, 5.74) is 2.16. The van der Waals surface area contributed by atoms with E-state index in [1.54, 1.807) is 14.2 Å². The molecule has 0 aromatic heterocycles. The minimum Gasteiger partial charge on any atom is -0.412 e. The molecule has 2 N–H and O–H groups in total. The van der Waals surface area contributed by atoms with Crippen molar-refractivity contribution < 1.29 is 57.6 Å². The Bertz CT molecular complexity index is 914. The normalized spacial score (nSPS) is 31.6. The maximum Gasteiger partial charge on any atom is 0.184 e. The Morgan fingerprint density at radius 3 is 1.13 bits per heavy atom. The van der Waals surface area contributed by atoms with Gasteiger partial charge in [-0.15, -0.1) is 0 Å². The largest absolute Gasteiger partial charge is 0.412 e. The van der Waals surface area contributed by atoms with E-state index in [1.165, 1.54) is 6.42 Å². The van der Waals surface area contributed by atoms with Crippen LogP contribution in [0.4, 0.5) is 0 Å². The van der Waals surface area contributed by atoms with Gasteiger partial charge < -0.3 is 57.6 Å². The molecule has 6 heterocycles. The van der Waals surface area contributed by atoms with E-state index in [9.17, 15) is 0 Å². The highest BCUT2D eigenvalue weighted by Crippen LogP contribution is 2.32. The third kappa shape index (κ3) is 13.7. The zero-order chi connectivity index (χ0) is 31.0. The highest BCUT2D eigenvalue weighted by Gasteiger charge is 2.43. The van der Waals surface area contributed by atoms with Crippen LogP contribution in [0, 0.1) is 0 Å². The second-order valence-corrected chi connectivity index (χ2v) is 10.7. The van der Waals surface area contributed by atoms with Gasteiger partial charge in [0.2, 0.25) is 0 Å². The van der Waals surface area contributed by atoms with Crippen LogP contribution in [-0.4, -0.2) is 110 Å². The molecule has 254 valence electrons. The van der Waals surface area contributed by atoms with Crippen LogP contribution >= 0.6 is 0 Å². The van der Waals surface area contributed by atoms with Gasteiger partial charge in [0.25, 0.3) is 0 Å². The van der Waals surface area contributed by atoms with Crippen LogP contribution in [0.3, 0.4) is 0 Å². The molecule has 12 nitrogen and oxygen atoms in total. The molecule has 6 aliphatic heterocycles. The lowest BCUT2D eigenvalue weighted by molar-refractivity contribution is -0.147. The molecule has 0 aliphatic carbocycles. The minimum atomic E-state index is -0.215. The first kappa shape index (κ1) is 37.4. The molecule has 0 bridgehead atoms. The Labute approximate surface area is 266 Å². The summed E-state index contributed by atoms with van der Waals surface area (Å²) in [7, 11) is 3.17. The van der Waals surface area contributed by atoms with Crippen molar-refractivity contribution in [1.82, 2.24) is 0 Å². The first-order valence-electron chi connectivity index (χ1n) is 15.3. The van der Waals surface area contributed by atoms with Crippen LogP contribution in [0.2, 0.25) is 0 Å². The van der Waals surface area contributed by atoms with Crippen molar-refractivity contribution in [2.24, 2.45) is 0 Å². The lowest BCUT2D eigenvalue weighted by Crippen LogP contribution is -2.09. The summed E-state index contributed by atoms with van der Waals surface area (Å²) in [6, 6.07) is 20.0. The van der Waals surface area contributed by atoms with Crippen molar-refractivity contribution in [3.63, 3.8) is 0 Å². The average Bonchev–Trinajstić information content (AvgIpc) is 3.91. The first-order valence-corrected chi connectivity index (χ1v) is 15.3. The molecule has 6 fully saturated rings. The lowest BCUT2D eigenvalue weighted by atomic mass is 10.2. The zero-order valence-corrected chi connectivity index (χ0v) is 26.7. The van der Waals surface area contributed by atoms with Gasteiger partial charge in [-0.25, -0.2) is 0 Å². The maximum absolute atomic E-state index is 5.60. The van der Waals surface area contributed by atoms with Crippen molar-refractivity contribution in [2.75, 3.05) is 67.4 Å². The highest BCUT2D eigenvalue weighted by molar-refractivity contribution is 5.17. The van der Waals surface area contributed by atoms with Gasteiger partial charge in [-0.3, -0.25) is 0 Å². The SMILES string of the molecule is C1OCC2OC2CO1.CCC.COCOC.O.c1ccc(C2OCC3OC3CO2)cc1.c1ccc(C2OCC3OC3CO2)cc1. The van der Waals surface area contributed by atoms with E-state index < -0.39 is 0 Å². The molecular formula is C33H50O12. The van der Waals surface area contributed by atoms with E-state index in [4.69, 9.17) is 42.6 Å². The van der Waals surface area contributed by atoms with Gasteiger partial charge in [-0.1, -0.05) is 80.9 Å². The lowest BCUT2D eigenvalue weighted by Gasteiger charge is -2.16. The average molecular weight is 639 g/mol. The number of hydrogen-bond donors (Lipinski definition) is 0. The van der Waals surface area contributed by atoms with Crippen LogP contribution in [-0.2, 0) is 52.1 Å². The van der Waals surface area contributed by atoms with Crippen molar-refractivity contribution in [3.05, 3.63) is 71.8 Å². The molecule has 0 amide bonds. The Kier molecular flexibility index (Phi) is 17.4. The number of rotatable bonds is 4. The summed E-state index contributed by atoms with van der Waals surface area (Å²) in [6.07, 6.45) is 2.58. The van der Waals surface area contributed by atoms with Crippen molar-refractivity contribution >= 4 is 0 Å². The van der Waals surface area contributed by atoms with Crippen molar-refractivity contribution in [2.45, 2.75) is 69.5 Å². The van der Waals surface area contributed by atoms with E-state index in [1.807, 2.05) is 60.7 Å². The Morgan fingerprint density at radius 1 is 0.533 bits per heavy atom. The van der Waals surface area contributed by atoms with Crippen LogP contribution in [0.25, 0.3) is 0 Å². The Balaban J connectivity index is 0.000000167. The van der Waals surface area contributed by atoms with Crippen LogP contribution in [0.5, 0.6) is 0 Å². The molecule has 6 atom stereocenters. The van der Waals surface area contributed by atoms with Crippen molar-refractivity contribution in [1.29, 1.82) is 0 Å². The van der Waals surface area contributed by atoms with Crippen LogP contribution in [0.15, 0.2) is 60.7 Å². The number of methoxy groups -OCH3 is 2. The molecule has 12 heteroatoms. The molecule has 0 spiro atoms. The summed E-state index contributed by atoms with van der Waals surface area (Å²) < 4.78 is 57.0. The third-order valence-electron chi connectivity index (χ3n) is 6.82. The smallest absolute Gasteiger partial charge is 0.184 e. The quantitative estimate of drug-likeness (QED) is 0.358. The first-order chi connectivity index (χ1) is 21.7. The fraction of sp³-hybridized carbons (Fsp3) is 0.636. The Hall–Kier alpha value is -2.04. The van der Waals surface area contributed by atoms with E-state index in [2.05, 4.69) is 23.3 Å². The molecule has 0 saturated carbocycles. The molecule has 6 aliphatic rings. The molecular weight excluding hydrogens is 588 g/mol. The van der Waals surface area contributed by atoms with Crippen LogP contribution < -0.4 is 0 Å². The standard InChI is InChI=1S/2C11H12O3.C5H8O3.C3H8O2.C3H8.H2O/c2*1-2-4-8(5-3-1)11-12-6-9-10(14-9)7-13-11;1-4-5(8-4)2-7-3-6-1;1-4-3-5-2;1-3-2;/h2*1-5,9-11H,6-7H2;4-5H,1-3H2;3H2,1-2H3;3H2,1-2H3;1H2. The van der Waals surface area contributed by atoms with Gasteiger partial charge in [-0.05, 0) is 0 Å². The molecule has 45 heavy (non-hydrogen) atoms. The van der Waals surface area contributed by atoms with Gasteiger partial charge in [0.1, 0.15) is 50.2 Å². The summed E-state index contributed by atoms with van der Waals surface area (Å²) >= 11 is 0. The zero-order valence-electron chi connectivity index (χ0n) is 26.7. The number of fused-ring (bicyclic) bond motifs is 3. The molecule has 0 radical (unpaired) electrons. The summed E-state index contributed by atoms with van der Waals surface area (Å²) in [5.74, 6) is 0. The second kappa shape index (κ2) is 21.0. The van der Waals surface area contributed by atoms with Crippen molar-refractivity contribution in [3.8, 4) is 0 Å². The predicted octanol–water partition coefficient (Wildman–Crippen LogP) is 3.59. The highest BCUT2D eigenvalue weighted by atomic mass is 16.7. The van der Waals surface area contributed by atoms with Gasteiger partial charge in [0.05, 0.1) is 39.6 Å². The second-order valence-electron chi connectivity index (χ2n) is 10.7. The fourth-order valence-corrected chi connectivity index (χ4v) is 4.35. The topological polar surface area (TPSA) is 143 Å². The predicted molar refractivity (Wildman–Crippen MR) is 163 cm³/mol. The van der Waals surface area contributed by atoms with Gasteiger partial charge in [-0.2, -0.15) is 0 Å². The molecule has 8 rings (SSSR count). The minimum absolute atomic E-state index is 0. The molecule has 2 aromatic carbocycles. The molecule has 2 aromatic rings. The summed E-state index contributed by atoms with van der Waals surface area (Å²) in [5, 5.41) is 0. The number of epoxide rings is 3.